The quantitative estimate of drug-likeness (QED) is 0.689. The highest BCUT2D eigenvalue weighted by Gasteiger charge is 1.95. The van der Waals surface area contributed by atoms with Gasteiger partial charge in [-0.3, -0.25) is 0 Å². The van der Waals surface area contributed by atoms with Crippen molar-refractivity contribution >= 4 is 11.3 Å². The first-order chi connectivity index (χ1) is 7.33. The molecule has 1 aromatic heterocycles. The van der Waals surface area contributed by atoms with Crippen LogP contribution in [0.4, 0.5) is 0 Å². The van der Waals surface area contributed by atoms with Gasteiger partial charge < -0.3 is 10.1 Å². The highest BCUT2D eigenvalue weighted by atomic mass is 32.1. The van der Waals surface area contributed by atoms with Crippen LogP contribution in [-0.4, -0.2) is 19.8 Å². The molecule has 1 N–H and O–H groups in total. The lowest BCUT2D eigenvalue weighted by Crippen LogP contribution is -2.15. The monoisotopic (exact) mass is 227 g/mol. The Hall–Kier alpha value is -0.380. The topological polar surface area (TPSA) is 21.3 Å². The lowest BCUT2D eigenvalue weighted by molar-refractivity contribution is 0.132. The van der Waals surface area contributed by atoms with Crippen LogP contribution in [0, 0.1) is 6.92 Å². The van der Waals surface area contributed by atoms with Gasteiger partial charge in [0.2, 0.25) is 0 Å². The smallest absolute Gasteiger partial charge is 0.0478 e. The van der Waals surface area contributed by atoms with Crippen molar-refractivity contribution in [2.24, 2.45) is 0 Å². The second-order valence-corrected chi connectivity index (χ2v) is 5.03. The van der Waals surface area contributed by atoms with Crippen LogP contribution in [0.5, 0.6) is 0 Å². The summed E-state index contributed by atoms with van der Waals surface area (Å²) in [6.07, 6.45) is 2.21. The number of hydrogen-bond acceptors (Lipinski definition) is 3. The third-order valence-corrected chi connectivity index (χ3v) is 3.09. The van der Waals surface area contributed by atoms with Crippen molar-refractivity contribution in [1.82, 2.24) is 5.32 Å². The van der Waals surface area contributed by atoms with E-state index in [4.69, 9.17) is 4.74 Å². The fourth-order valence-electron chi connectivity index (χ4n) is 1.34. The van der Waals surface area contributed by atoms with Crippen molar-refractivity contribution < 1.29 is 4.74 Å². The van der Waals surface area contributed by atoms with Gasteiger partial charge in [-0.05, 0) is 38.4 Å². The standard InChI is InChI=1S/C12H21NOS/c1-3-8-14-9-4-7-13-10-12-6-5-11(2)15-12/h5-6,13H,3-4,7-10H2,1-2H3. The van der Waals surface area contributed by atoms with Gasteiger partial charge in [-0.15, -0.1) is 11.3 Å². The van der Waals surface area contributed by atoms with E-state index in [1.54, 1.807) is 0 Å². The van der Waals surface area contributed by atoms with E-state index in [2.05, 4.69) is 31.3 Å². The van der Waals surface area contributed by atoms with Gasteiger partial charge in [-0.1, -0.05) is 6.92 Å². The van der Waals surface area contributed by atoms with E-state index < -0.39 is 0 Å². The number of hydrogen-bond donors (Lipinski definition) is 1. The van der Waals surface area contributed by atoms with Gasteiger partial charge in [0.1, 0.15) is 0 Å². The number of ether oxygens (including phenoxy) is 1. The lowest BCUT2D eigenvalue weighted by atomic mass is 10.4. The molecular weight excluding hydrogens is 206 g/mol. The zero-order valence-corrected chi connectivity index (χ0v) is 10.5. The molecule has 0 unspecified atom stereocenters. The van der Waals surface area contributed by atoms with E-state index >= 15 is 0 Å². The molecule has 0 saturated heterocycles. The molecule has 1 heterocycles. The fourth-order valence-corrected chi connectivity index (χ4v) is 2.20. The predicted octanol–water partition coefficient (Wildman–Crippen LogP) is 2.96. The van der Waals surface area contributed by atoms with Crippen molar-refractivity contribution in [1.29, 1.82) is 0 Å². The molecule has 86 valence electrons. The van der Waals surface area contributed by atoms with Crippen LogP contribution in [0.25, 0.3) is 0 Å². The minimum atomic E-state index is 0.879. The molecule has 0 aromatic carbocycles. The molecule has 0 aliphatic heterocycles. The summed E-state index contributed by atoms with van der Waals surface area (Å²) in [7, 11) is 0. The van der Waals surface area contributed by atoms with Crippen molar-refractivity contribution in [3.8, 4) is 0 Å². The van der Waals surface area contributed by atoms with Crippen molar-refractivity contribution in [3.05, 3.63) is 21.9 Å². The minimum Gasteiger partial charge on any atom is -0.381 e. The van der Waals surface area contributed by atoms with E-state index in [0.29, 0.717) is 0 Å². The maximum absolute atomic E-state index is 5.40. The second kappa shape index (κ2) is 7.85. The zero-order chi connectivity index (χ0) is 10.9. The van der Waals surface area contributed by atoms with Gasteiger partial charge in [0.15, 0.2) is 0 Å². The molecule has 0 bridgehead atoms. The maximum atomic E-state index is 5.40. The zero-order valence-electron chi connectivity index (χ0n) is 9.71. The van der Waals surface area contributed by atoms with Gasteiger partial charge in [0.05, 0.1) is 0 Å². The van der Waals surface area contributed by atoms with E-state index in [1.165, 1.54) is 9.75 Å². The molecule has 0 spiro atoms. The Balaban J connectivity index is 1.93. The lowest BCUT2D eigenvalue weighted by Gasteiger charge is -2.03. The van der Waals surface area contributed by atoms with Crippen LogP contribution in [-0.2, 0) is 11.3 Å². The molecule has 0 aliphatic rings. The van der Waals surface area contributed by atoms with Gasteiger partial charge >= 0.3 is 0 Å². The van der Waals surface area contributed by atoms with Crippen LogP contribution in [0.3, 0.4) is 0 Å². The summed E-state index contributed by atoms with van der Waals surface area (Å²) < 4.78 is 5.40. The van der Waals surface area contributed by atoms with Crippen LogP contribution in [0.15, 0.2) is 12.1 Å². The first kappa shape index (κ1) is 12.7. The molecule has 2 nitrogen and oxygen atoms in total. The Labute approximate surface area is 96.7 Å². The van der Waals surface area contributed by atoms with Gasteiger partial charge in [-0.2, -0.15) is 0 Å². The van der Waals surface area contributed by atoms with Crippen molar-refractivity contribution in [2.45, 2.75) is 33.2 Å². The molecule has 0 saturated carbocycles. The molecule has 0 fully saturated rings. The van der Waals surface area contributed by atoms with E-state index in [1.807, 2.05) is 11.3 Å². The summed E-state index contributed by atoms with van der Waals surface area (Å²) >= 11 is 1.87. The molecule has 0 atom stereocenters. The summed E-state index contributed by atoms with van der Waals surface area (Å²) in [6.45, 7) is 8.09. The Morgan fingerprint density at radius 2 is 2.20 bits per heavy atom. The number of thiophene rings is 1. The Morgan fingerprint density at radius 3 is 2.87 bits per heavy atom. The van der Waals surface area contributed by atoms with Gasteiger partial charge in [0.25, 0.3) is 0 Å². The summed E-state index contributed by atoms with van der Waals surface area (Å²) in [4.78, 5) is 2.81. The normalized spacial score (nSPS) is 10.8. The van der Waals surface area contributed by atoms with E-state index in [-0.39, 0.29) is 0 Å². The highest BCUT2D eigenvalue weighted by Crippen LogP contribution is 2.14. The predicted molar refractivity (Wildman–Crippen MR) is 66.5 cm³/mol. The SMILES string of the molecule is CCCOCCCNCc1ccc(C)s1. The van der Waals surface area contributed by atoms with E-state index in [0.717, 1.165) is 39.1 Å². The Kier molecular flexibility index (Phi) is 6.64. The summed E-state index contributed by atoms with van der Waals surface area (Å²) in [5.41, 5.74) is 0. The highest BCUT2D eigenvalue weighted by molar-refractivity contribution is 7.11. The molecule has 15 heavy (non-hydrogen) atoms. The summed E-state index contributed by atoms with van der Waals surface area (Å²) in [5, 5.41) is 3.42. The third kappa shape index (κ3) is 5.92. The third-order valence-electron chi connectivity index (χ3n) is 2.09. The largest absolute Gasteiger partial charge is 0.381 e. The maximum Gasteiger partial charge on any atom is 0.0478 e. The van der Waals surface area contributed by atoms with E-state index in [9.17, 15) is 0 Å². The molecule has 1 aromatic rings. The Bertz CT molecular complexity index is 260. The van der Waals surface area contributed by atoms with Crippen LogP contribution >= 0.6 is 11.3 Å². The molecule has 0 aliphatic carbocycles. The second-order valence-electron chi connectivity index (χ2n) is 3.66. The number of aryl methyl sites for hydroxylation is 1. The first-order valence-corrected chi connectivity index (χ1v) is 6.48. The van der Waals surface area contributed by atoms with Crippen molar-refractivity contribution in [3.63, 3.8) is 0 Å². The van der Waals surface area contributed by atoms with Crippen LogP contribution in [0.2, 0.25) is 0 Å². The summed E-state index contributed by atoms with van der Waals surface area (Å²) in [6, 6.07) is 4.37. The van der Waals surface area contributed by atoms with Crippen molar-refractivity contribution in [2.75, 3.05) is 19.8 Å². The van der Waals surface area contributed by atoms with Gasteiger partial charge in [-0.25, -0.2) is 0 Å². The Morgan fingerprint density at radius 1 is 1.33 bits per heavy atom. The average molecular weight is 227 g/mol. The summed E-state index contributed by atoms with van der Waals surface area (Å²) in [5.74, 6) is 0. The molecular formula is C12H21NOS. The molecule has 1 rings (SSSR count). The number of rotatable bonds is 8. The average Bonchev–Trinajstić information content (AvgIpc) is 2.63. The minimum absolute atomic E-state index is 0.879. The van der Waals surface area contributed by atoms with Crippen LogP contribution in [0.1, 0.15) is 29.5 Å². The number of nitrogens with one attached hydrogen (secondary N) is 1. The fraction of sp³-hybridized carbons (Fsp3) is 0.667. The molecule has 0 amide bonds. The first-order valence-electron chi connectivity index (χ1n) is 5.66. The van der Waals surface area contributed by atoms with Crippen LogP contribution < -0.4 is 5.32 Å². The van der Waals surface area contributed by atoms with Gasteiger partial charge in [0, 0.05) is 29.5 Å². The molecule has 3 heteroatoms. The molecule has 0 radical (unpaired) electrons.